The molecule has 0 rings (SSSR count). The van der Waals surface area contributed by atoms with E-state index in [1.165, 1.54) is 135 Å². The topological polar surface area (TPSA) is 231 Å². The summed E-state index contributed by atoms with van der Waals surface area (Å²) in [6, 6.07) is 0. The van der Waals surface area contributed by atoms with E-state index in [0.717, 1.165) is 122 Å². The van der Waals surface area contributed by atoms with Gasteiger partial charge in [-0.3, -0.25) is 32.5 Å². The second-order valence-electron chi connectivity index (χ2n) is 24.4. The molecular weight excluding hydrogens is 1190 g/mol. The van der Waals surface area contributed by atoms with Gasteiger partial charge in [0.15, 0.2) is 6.10 Å². The van der Waals surface area contributed by atoms with Gasteiger partial charge < -0.3 is 34.2 Å². The summed E-state index contributed by atoms with van der Waals surface area (Å²) in [5.41, 5.74) is 0. The van der Waals surface area contributed by atoms with Gasteiger partial charge in [-0.1, -0.05) is 254 Å². The summed E-state index contributed by atoms with van der Waals surface area (Å²) >= 11 is 0. The Hall–Kier alpha value is -3.01. The number of phosphoric acid groups is 2. The van der Waals surface area contributed by atoms with Crippen molar-refractivity contribution in [3.05, 3.63) is 72.9 Å². The standard InChI is InChI=1S/C73H132O16P2/c1-4-7-10-13-16-19-22-25-26-27-28-29-30-31-32-33-34-35-36-37-38-39-40-43-45-47-50-53-56-59-71(76)83-62-68(74)63-85-90(79,80)86-64-69(75)65-87-91(81,82)88-67-70(89-73(78)61-58-55-52-49-46-42-24-21-18-15-12-9-6-3)66-84-72(77)60-57-54-51-48-44-41-23-20-17-14-11-8-5-2/h16,19-21,23-26,28-29,31-32,68-70,74-75H,4-15,17-18,22,27,30,33-67H2,1-3H3,(H,79,80)(H,81,82)/b19-16-,23-20-,24-21-,26-25-,29-28-,32-31-. The predicted octanol–water partition coefficient (Wildman–Crippen LogP) is 20.3. The van der Waals surface area contributed by atoms with Gasteiger partial charge in [-0.2, -0.15) is 0 Å². The number of unbranched alkanes of at least 4 members (excludes halogenated alkanes) is 34. The average Bonchev–Trinajstić information content (AvgIpc) is 3.56. The first-order valence-corrected chi connectivity index (χ1v) is 39.2. The highest BCUT2D eigenvalue weighted by molar-refractivity contribution is 7.47. The van der Waals surface area contributed by atoms with Crippen LogP contribution in [0.3, 0.4) is 0 Å². The number of rotatable bonds is 69. The molecule has 0 aliphatic heterocycles. The van der Waals surface area contributed by atoms with E-state index in [1.807, 2.05) is 0 Å². The molecule has 530 valence electrons. The lowest BCUT2D eigenvalue weighted by molar-refractivity contribution is -0.161. The Bertz CT molecular complexity index is 1950. The first kappa shape index (κ1) is 88.0. The molecule has 0 saturated carbocycles. The maximum absolute atomic E-state index is 12.9. The predicted molar refractivity (Wildman–Crippen MR) is 372 cm³/mol. The van der Waals surface area contributed by atoms with E-state index >= 15 is 0 Å². The molecule has 0 fully saturated rings. The molecule has 5 atom stereocenters. The van der Waals surface area contributed by atoms with Crippen LogP contribution in [0.2, 0.25) is 0 Å². The maximum atomic E-state index is 12.9. The molecule has 5 unspecified atom stereocenters. The van der Waals surface area contributed by atoms with Crippen molar-refractivity contribution in [3.8, 4) is 0 Å². The van der Waals surface area contributed by atoms with Gasteiger partial charge in [0, 0.05) is 19.3 Å². The molecule has 0 bridgehead atoms. The molecule has 0 saturated heterocycles. The van der Waals surface area contributed by atoms with Crippen LogP contribution >= 0.6 is 15.6 Å². The van der Waals surface area contributed by atoms with E-state index in [0.29, 0.717) is 19.3 Å². The number of carbonyl (C=O) groups is 3. The molecule has 18 heteroatoms. The third-order valence-corrected chi connectivity index (χ3v) is 17.3. The van der Waals surface area contributed by atoms with Crippen LogP contribution in [-0.4, -0.2) is 95.9 Å². The highest BCUT2D eigenvalue weighted by atomic mass is 31.2. The van der Waals surface area contributed by atoms with Crippen LogP contribution in [0.4, 0.5) is 0 Å². The van der Waals surface area contributed by atoms with Crippen molar-refractivity contribution in [2.45, 2.75) is 334 Å². The normalized spacial score (nSPS) is 14.6. The molecule has 0 aliphatic rings. The molecule has 0 aromatic carbocycles. The second-order valence-corrected chi connectivity index (χ2v) is 27.3. The van der Waals surface area contributed by atoms with Gasteiger partial charge in [0.2, 0.25) is 0 Å². The zero-order valence-electron chi connectivity index (χ0n) is 57.5. The Labute approximate surface area is 553 Å². The number of carbonyl (C=O) groups excluding carboxylic acids is 3. The summed E-state index contributed by atoms with van der Waals surface area (Å²) < 4.78 is 60.9. The quantitative estimate of drug-likeness (QED) is 0.0146. The first-order valence-electron chi connectivity index (χ1n) is 36.2. The summed E-state index contributed by atoms with van der Waals surface area (Å²) in [7, 11) is -9.77. The number of aliphatic hydroxyl groups excluding tert-OH is 2. The Morgan fingerprint density at radius 3 is 0.901 bits per heavy atom. The van der Waals surface area contributed by atoms with Crippen LogP contribution in [0.25, 0.3) is 0 Å². The van der Waals surface area contributed by atoms with Crippen molar-refractivity contribution in [1.29, 1.82) is 0 Å². The lowest BCUT2D eigenvalue weighted by Crippen LogP contribution is -2.30. The van der Waals surface area contributed by atoms with Crippen molar-refractivity contribution in [1.82, 2.24) is 0 Å². The van der Waals surface area contributed by atoms with Crippen LogP contribution in [0.15, 0.2) is 72.9 Å². The molecular formula is C73H132O16P2. The van der Waals surface area contributed by atoms with Crippen molar-refractivity contribution in [2.75, 3.05) is 39.6 Å². The monoisotopic (exact) mass is 1330 g/mol. The van der Waals surface area contributed by atoms with Crippen LogP contribution in [0.5, 0.6) is 0 Å². The third kappa shape index (κ3) is 68.2. The van der Waals surface area contributed by atoms with E-state index in [4.69, 9.17) is 32.3 Å². The summed E-state index contributed by atoms with van der Waals surface area (Å²) in [5.74, 6) is -1.59. The molecule has 91 heavy (non-hydrogen) atoms. The molecule has 0 radical (unpaired) electrons. The van der Waals surface area contributed by atoms with E-state index in [-0.39, 0.29) is 19.3 Å². The molecule has 0 amide bonds. The highest BCUT2D eigenvalue weighted by Crippen LogP contribution is 2.45. The van der Waals surface area contributed by atoms with Gasteiger partial charge in [0.1, 0.15) is 25.4 Å². The van der Waals surface area contributed by atoms with Crippen LogP contribution < -0.4 is 0 Å². The Kier molecular flexibility index (Phi) is 64.8. The fourth-order valence-corrected chi connectivity index (χ4v) is 11.4. The number of hydrogen-bond acceptors (Lipinski definition) is 14. The number of hydrogen-bond donors (Lipinski definition) is 4. The van der Waals surface area contributed by atoms with Gasteiger partial charge in [-0.15, -0.1) is 0 Å². The minimum Gasteiger partial charge on any atom is -0.463 e. The van der Waals surface area contributed by atoms with Crippen LogP contribution in [-0.2, 0) is 55.8 Å². The van der Waals surface area contributed by atoms with Gasteiger partial charge in [0.25, 0.3) is 0 Å². The zero-order valence-corrected chi connectivity index (χ0v) is 59.3. The Morgan fingerprint density at radius 2 is 0.549 bits per heavy atom. The van der Waals surface area contributed by atoms with Crippen molar-refractivity contribution >= 4 is 33.6 Å². The number of aliphatic hydroxyl groups is 2. The maximum Gasteiger partial charge on any atom is 0.472 e. The Balaban J connectivity index is 4.41. The van der Waals surface area contributed by atoms with Gasteiger partial charge in [-0.25, -0.2) is 9.13 Å². The van der Waals surface area contributed by atoms with Crippen molar-refractivity contribution in [2.24, 2.45) is 0 Å². The molecule has 0 aromatic heterocycles. The lowest BCUT2D eigenvalue weighted by Gasteiger charge is -2.21. The summed E-state index contributed by atoms with van der Waals surface area (Å²) in [4.78, 5) is 58.3. The number of allylic oxidation sites excluding steroid dienone is 12. The molecule has 0 aromatic rings. The summed E-state index contributed by atoms with van der Waals surface area (Å²) in [5, 5.41) is 20.6. The largest absolute Gasteiger partial charge is 0.472 e. The van der Waals surface area contributed by atoms with E-state index < -0.39 is 91.5 Å². The molecule has 0 spiro atoms. The molecule has 0 aliphatic carbocycles. The van der Waals surface area contributed by atoms with Gasteiger partial charge >= 0.3 is 33.6 Å². The minimum atomic E-state index is -4.92. The van der Waals surface area contributed by atoms with Crippen molar-refractivity contribution in [3.63, 3.8) is 0 Å². The summed E-state index contributed by atoms with van der Waals surface area (Å²) in [6.07, 6.45) is 71.1. The average molecular weight is 1330 g/mol. The van der Waals surface area contributed by atoms with E-state index in [2.05, 4.69) is 93.7 Å². The van der Waals surface area contributed by atoms with Crippen LogP contribution in [0.1, 0.15) is 316 Å². The SMILES string of the molecule is CCCCC/C=C\C/C=C\C/C=C\C/C=C\CCCCCCCCCCCCCCCC(=O)OCC(O)COP(=O)(O)OCC(O)COP(=O)(O)OCC(COC(=O)CCCCCCC/C=C\CCCCCC)OC(=O)CCCCCCC/C=C\CCCCCC. The smallest absolute Gasteiger partial charge is 0.463 e. The van der Waals surface area contributed by atoms with Gasteiger partial charge in [0.05, 0.1) is 26.4 Å². The fourth-order valence-electron chi connectivity index (χ4n) is 9.78. The number of phosphoric ester groups is 2. The minimum absolute atomic E-state index is 0.0956. The van der Waals surface area contributed by atoms with Gasteiger partial charge in [-0.05, 0) is 116 Å². The summed E-state index contributed by atoms with van der Waals surface area (Å²) in [6.45, 7) is 2.61. The number of esters is 3. The second kappa shape index (κ2) is 67.0. The lowest BCUT2D eigenvalue weighted by atomic mass is 10.0. The number of ether oxygens (including phenoxy) is 3. The molecule has 16 nitrogen and oxygen atoms in total. The van der Waals surface area contributed by atoms with E-state index in [9.17, 15) is 43.5 Å². The van der Waals surface area contributed by atoms with Crippen molar-refractivity contribution < 1.29 is 75.8 Å². The third-order valence-electron chi connectivity index (χ3n) is 15.4. The molecule has 4 N–H and O–H groups in total. The Morgan fingerprint density at radius 1 is 0.308 bits per heavy atom. The zero-order chi connectivity index (χ0) is 66.7. The highest BCUT2D eigenvalue weighted by Gasteiger charge is 2.29. The fraction of sp³-hybridized carbons (Fsp3) is 0.795. The molecule has 0 heterocycles. The van der Waals surface area contributed by atoms with Crippen LogP contribution in [0, 0.1) is 0 Å². The van der Waals surface area contributed by atoms with E-state index in [1.54, 1.807) is 0 Å². The first-order chi connectivity index (χ1) is 44.2.